The second-order valence-electron chi connectivity index (χ2n) is 4.76. The molecular weight excluding hydrogens is 376 g/mol. The molecule has 1 heterocycles. The number of rotatable bonds is 4. The molecule has 0 aliphatic rings. The van der Waals surface area contributed by atoms with Crippen LogP contribution in [0.25, 0.3) is 11.0 Å². The summed E-state index contributed by atoms with van der Waals surface area (Å²) in [7, 11) is 0. The molecule has 1 aromatic carbocycles. The van der Waals surface area contributed by atoms with Gasteiger partial charge >= 0.3 is 6.18 Å². The lowest BCUT2D eigenvalue weighted by molar-refractivity contribution is -0.141. The van der Waals surface area contributed by atoms with Crippen molar-refractivity contribution in [3.05, 3.63) is 28.2 Å². The summed E-state index contributed by atoms with van der Waals surface area (Å²) in [5.74, 6) is 0.147. The number of imidazole rings is 1. The second-order valence-corrected chi connectivity index (χ2v) is 5.99. The first-order chi connectivity index (χ1) is 9.73. The van der Waals surface area contributed by atoms with E-state index in [1.807, 2.05) is 0 Å². The average molecular weight is 388 g/mol. The van der Waals surface area contributed by atoms with E-state index in [0.717, 1.165) is 0 Å². The summed E-state index contributed by atoms with van der Waals surface area (Å²) in [4.78, 5) is 4.21. The molecule has 2 nitrogen and oxygen atoms in total. The third-order valence-electron chi connectivity index (χ3n) is 3.09. The first-order valence-electron chi connectivity index (χ1n) is 6.21. The highest BCUT2D eigenvalue weighted by Crippen LogP contribution is 2.32. The Morgan fingerprint density at radius 2 is 2.05 bits per heavy atom. The van der Waals surface area contributed by atoms with Crippen LogP contribution in [0, 0.1) is 5.82 Å². The number of hydrogen-bond donors (Lipinski definition) is 0. The fourth-order valence-corrected chi connectivity index (χ4v) is 2.82. The predicted molar refractivity (Wildman–Crippen MR) is 77.2 cm³/mol. The van der Waals surface area contributed by atoms with Gasteiger partial charge in [-0.1, -0.05) is 0 Å². The summed E-state index contributed by atoms with van der Waals surface area (Å²) in [5, 5.41) is 0. The number of halogens is 6. The number of hydrogen-bond acceptors (Lipinski definition) is 1. The van der Waals surface area contributed by atoms with Gasteiger partial charge in [0, 0.05) is 24.4 Å². The zero-order valence-corrected chi connectivity index (χ0v) is 13.4. The molecule has 0 N–H and O–H groups in total. The smallest absolute Gasteiger partial charge is 0.325 e. The van der Waals surface area contributed by atoms with Gasteiger partial charge in [0.05, 0.1) is 21.9 Å². The molecule has 2 rings (SSSR count). The molecule has 116 valence electrons. The summed E-state index contributed by atoms with van der Waals surface area (Å²) in [6, 6.07) is 1.81. The van der Waals surface area contributed by atoms with Gasteiger partial charge in [-0.3, -0.25) is 0 Å². The molecule has 0 fully saturated rings. The Hall–Kier alpha value is -0.820. The van der Waals surface area contributed by atoms with Crippen molar-refractivity contribution in [3.8, 4) is 0 Å². The van der Waals surface area contributed by atoms with Crippen LogP contribution in [0.4, 0.5) is 17.6 Å². The van der Waals surface area contributed by atoms with Crippen molar-refractivity contribution in [2.45, 2.75) is 32.0 Å². The number of fused-ring (bicyclic) bond motifs is 1. The lowest BCUT2D eigenvalue weighted by Gasteiger charge is -2.19. The summed E-state index contributed by atoms with van der Waals surface area (Å²) < 4.78 is 53.1. The highest BCUT2D eigenvalue weighted by atomic mass is 79.9. The van der Waals surface area contributed by atoms with Crippen LogP contribution in [-0.4, -0.2) is 21.6 Å². The van der Waals surface area contributed by atoms with Crippen LogP contribution in [0.3, 0.4) is 0 Å². The minimum absolute atomic E-state index is 0.188. The third-order valence-corrected chi connectivity index (χ3v) is 3.89. The molecule has 0 saturated heterocycles. The van der Waals surface area contributed by atoms with E-state index < -0.39 is 24.5 Å². The molecular formula is C13H12BrClF4N2. The molecule has 0 aliphatic carbocycles. The Balaban J connectivity index is 2.57. The van der Waals surface area contributed by atoms with Gasteiger partial charge in [-0.05, 0) is 28.9 Å². The number of nitrogens with zero attached hydrogens (tertiary/aromatic N) is 2. The zero-order chi connectivity index (χ0) is 15.8. The monoisotopic (exact) mass is 386 g/mol. The van der Waals surface area contributed by atoms with Crippen LogP contribution in [0.5, 0.6) is 0 Å². The molecule has 2 aromatic rings. The molecule has 8 heteroatoms. The molecule has 21 heavy (non-hydrogen) atoms. The van der Waals surface area contributed by atoms with Crippen LogP contribution in [-0.2, 0) is 6.42 Å². The third kappa shape index (κ3) is 3.69. The standard InChI is InChI=1S/C13H12BrClF4N2/c1-7(6-13(17,18)19)21-11-4-8(14)9(16)5-10(11)20-12(21)2-3-15/h4-5,7H,2-3,6H2,1H3. The number of benzene rings is 1. The van der Waals surface area contributed by atoms with Gasteiger partial charge in [0.2, 0.25) is 0 Å². The minimum atomic E-state index is -4.29. The molecule has 1 aromatic heterocycles. The van der Waals surface area contributed by atoms with Crippen LogP contribution < -0.4 is 0 Å². The molecule has 0 spiro atoms. The van der Waals surface area contributed by atoms with E-state index >= 15 is 0 Å². The Kier molecular flexibility index (Phi) is 4.82. The number of aromatic nitrogens is 2. The first-order valence-corrected chi connectivity index (χ1v) is 7.54. The molecule has 1 unspecified atom stereocenters. The van der Waals surface area contributed by atoms with E-state index in [-0.39, 0.29) is 10.4 Å². The Labute approximate surface area is 132 Å². The molecule has 0 radical (unpaired) electrons. The maximum atomic E-state index is 13.5. The largest absolute Gasteiger partial charge is 0.391 e. The first kappa shape index (κ1) is 16.5. The van der Waals surface area contributed by atoms with Crippen molar-refractivity contribution >= 4 is 38.6 Å². The summed E-state index contributed by atoms with van der Waals surface area (Å²) >= 11 is 8.72. The van der Waals surface area contributed by atoms with E-state index in [0.29, 0.717) is 23.3 Å². The molecule has 1 atom stereocenters. The van der Waals surface area contributed by atoms with Crippen LogP contribution in [0.2, 0.25) is 0 Å². The van der Waals surface area contributed by atoms with Gasteiger partial charge in [-0.2, -0.15) is 13.2 Å². The number of alkyl halides is 4. The van der Waals surface area contributed by atoms with E-state index in [1.54, 1.807) is 0 Å². The zero-order valence-electron chi connectivity index (χ0n) is 11.0. The van der Waals surface area contributed by atoms with Crippen molar-refractivity contribution in [2.24, 2.45) is 0 Å². The van der Waals surface area contributed by atoms with E-state index in [1.165, 1.54) is 23.6 Å². The lowest BCUT2D eigenvalue weighted by atomic mass is 10.2. The average Bonchev–Trinajstić information content (AvgIpc) is 2.65. The van der Waals surface area contributed by atoms with Gasteiger partial charge in [-0.25, -0.2) is 9.37 Å². The van der Waals surface area contributed by atoms with Crippen molar-refractivity contribution in [2.75, 3.05) is 5.88 Å². The highest BCUT2D eigenvalue weighted by molar-refractivity contribution is 9.10. The van der Waals surface area contributed by atoms with Crippen molar-refractivity contribution in [3.63, 3.8) is 0 Å². The maximum absolute atomic E-state index is 13.5. The van der Waals surface area contributed by atoms with Crippen LogP contribution in [0.1, 0.15) is 25.2 Å². The number of aryl methyl sites for hydroxylation is 1. The van der Waals surface area contributed by atoms with Gasteiger partial charge in [0.25, 0.3) is 0 Å². The van der Waals surface area contributed by atoms with Crippen molar-refractivity contribution in [1.29, 1.82) is 0 Å². The molecule has 0 aliphatic heterocycles. The van der Waals surface area contributed by atoms with E-state index in [4.69, 9.17) is 11.6 Å². The van der Waals surface area contributed by atoms with Crippen molar-refractivity contribution < 1.29 is 17.6 Å². The Morgan fingerprint density at radius 1 is 1.38 bits per heavy atom. The Bertz CT molecular complexity index is 654. The topological polar surface area (TPSA) is 17.8 Å². The van der Waals surface area contributed by atoms with Crippen LogP contribution in [0.15, 0.2) is 16.6 Å². The molecule has 0 saturated carbocycles. The Morgan fingerprint density at radius 3 is 2.62 bits per heavy atom. The normalized spacial score (nSPS) is 13.9. The highest BCUT2D eigenvalue weighted by Gasteiger charge is 2.32. The fourth-order valence-electron chi connectivity index (χ4n) is 2.32. The van der Waals surface area contributed by atoms with Gasteiger partial charge in [0.15, 0.2) is 0 Å². The predicted octanol–water partition coefficient (Wildman–Crippen LogP) is 5.23. The molecule has 0 amide bonds. The molecule has 0 bridgehead atoms. The summed E-state index contributed by atoms with van der Waals surface area (Å²) in [6.07, 6.45) is -4.95. The van der Waals surface area contributed by atoms with Gasteiger partial charge < -0.3 is 4.57 Å². The minimum Gasteiger partial charge on any atom is -0.325 e. The quantitative estimate of drug-likeness (QED) is 0.519. The maximum Gasteiger partial charge on any atom is 0.391 e. The van der Waals surface area contributed by atoms with Gasteiger partial charge in [-0.15, -0.1) is 11.6 Å². The van der Waals surface area contributed by atoms with Gasteiger partial charge in [0.1, 0.15) is 11.6 Å². The SMILES string of the molecule is CC(CC(F)(F)F)n1c(CCCl)nc2cc(F)c(Br)cc21. The fraction of sp³-hybridized carbons (Fsp3) is 0.462. The summed E-state index contributed by atoms with van der Waals surface area (Å²) in [5.41, 5.74) is 0.782. The van der Waals surface area contributed by atoms with E-state index in [9.17, 15) is 17.6 Å². The second kappa shape index (κ2) is 6.12. The lowest BCUT2D eigenvalue weighted by Crippen LogP contribution is -2.18. The van der Waals surface area contributed by atoms with Crippen molar-refractivity contribution in [1.82, 2.24) is 9.55 Å². The summed E-state index contributed by atoms with van der Waals surface area (Å²) in [6.45, 7) is 1.46. The van der Waals surface area contributed by atoms with E-state index in [2.05, 4.69) is 20.9 Å². The van der Waals surface area contributed by atoms with Crippen LogP contribution >= 0.6 is 27.5 Å².